The van der Waals surface area contributed by atoms with Crippen LogP contribution >= 0.6 is 11.6 Å². The van der Waals surface area contributed by atoms with Crippen LogP contribution in [0.2, 0.25) is 5.02 Å². The summed E-state index contributed by atoms with van der Waals surface area (Å²) in [4.78, 5) is 24.6. The number of nitrogens with one attached hydrogen (secondary N) is 1. The molecule has 1 aromatic rings. The molecule has 0 radical (unpaired) electrons. The van der Waals surface area contributed by atoms with Gasteiger partial charge in [-0.2, -0.15) is 0 Å². The van der Waals surface area contributed by atoms with Gasteiger partial charge in [-0.15, -0.1) is 0 Å². The van der Waals surface area contributed by atoms with Crippen LogP contribution in [0, 0.1) is 6.92 Å². The number of amides is 2. The van der Waals surface area contributed by atoms with E-state index in [0.717, 1.165) is 5.56 Å². The molecule has 90 valence electrons. The molecule has 1 N–H and O–H groups in total. The van der Waals surface area contributed by atoms with Gasteiger partial charge in [0.15, 0.2) is 0 Å². The van der Waals surface area contributed by atoms with Gasteiger partial charge in [0.05, 0.1) is 17.3 Å². The van der Waals surface area contributed by atoms with Crippen molar-refractivity contribution in [3.05, 3.63) is 28.8 Å². The first kappa shape index (κ1) is 11.9. The fourth-order valence-electron chi connectivity index (χ4n) is 1.78. The van der Waals surface area contributed by atoms with E-state index in [1.165, 1.54) is 0 Å². The van der Waals surface area contributed by atoms with Gasteiger partial charge in [-0.25, -0.2) is 0 Å². The lowest BCUT2D eigenvalue weighted by molar-refractivity contribution is -0.123. The third kappa shape index (κ3) is 2.58. The molecule has 2 rings (SSSR count). The van der Waals surface area contributed by atoms with Crippen LogP contribution in [-0.2, 0) is 9.59 Å². The van der Waals surface area contributed by atoms with Gasteiger partial charge in [-0.3, -0.25) is 9.59 Å². The van der Waals surface area contributed by atoms with Crippen molar-refractivity contribution in [2.75, 3.05) is 18.0 Å². The van der Waals surface area contributed by atoms with Crippen molar-refractivity contribution in [1.82, 2.24) is 5.32 Å². The summed E-state index contributed by atoms with van der Waals surface area (Å²) in [6, 6.07) is 5.52. The van der Waals surface area contributed by atoms with Crippen LogP contribution in [0.15, 0.2) is 18.2 Å². The Bertz CT molecular complexity index is 474. The van der Waals surface area contributed by atoms with Crippen LogP contribution in [0.3, 0.4) is 0 Å². The molecule has 0 saturated carbocycles. The van der Waals surface area contributed by atoms with Crippen molar-refractivity contribution in [2.45, 2.75) is 13.3 Å². The molecule has 1 saturated heterocycles. The summed E-state index contributed by atoms with van der Waals surface area (Å²) < 4.78 is 0. The van der Waals surface area contributed by atoms with Gasteiger partial charge in [0.1, 0.15) is 0 Å². The van der Waals surface area contributed by atoms with E-state index in [9.17, 15) is 9.59 Å². The van der Waals surface area contributed by atoms with Crippen molar-refractivity contribution in [3.8, 4) is 0 Å². The number of halogens is 1. The number of aryl methyl sites for hydroxylation is 1. The molecule has 1 aliphatic rings. The molecule has 1 fully saturated rings. The van der Waals surface area contributed by atoms with Crippen LogP contribution in [-0.4, -0.2) is 24.9 Å². The fraction of sp³-hybridized carbons (Fsp3) is 0.333. The topological polar surface area (TPSA) is 49.4 Å². The summed E-state index contributed by atoms with van der Waals surface area (Å²) >= 11 is 6.12. The maximum Gasteiger partial charge on any atom is 0.246 e. The van der Waals surface area contributed by atoms with Gasteiger partial charge in [0, 0.05) is 13.0 Å². The van der Waals surface area contributed by atoms with Gasteiger partial charge >= 0.3 is 0 Å². The Labute approximate surface area is 105 Å². The summed E-state index contributed by atoms with van der Waals surface area (Å²) in [6.45, 7) is 2.33. The van der Waals surface area contributed by atoms with E-state index in [4.69, 9.17) is 11.6 Å². The SMILES string of the molecule is Cc1ccc(N2CCC(=O)NCC2=O)c(Cl)c1. The number of nitrogens with zero attached hydrogens (tertiary/aromatic N) is 1. The molecule has 0 atom stereocenters. The van der Waals surface area contributed by atoms with Crippen molar-refractivity contribution in [2.24, 2.45) is 0 Å². The van der Waals surface area contributed by atoms with E-state index in [1.54, 1.807) is 4.90 Å². The summed E-state index contributed by atoms with van der Waals surface area (Å²) in [5.74, 6) is -0.245. The van der Waals surface area contributed by atoms with E-state index < -0.39 is 0 Å². The standard InChI is InChI=1S/C12H13ClN2O2/c1-8-2-3-10(9(13)6-8)15-5-4-11(16)14-7-12(15)17/h2-3,6H,4-5,7H2,1H3,(H,14,16). The number of carbonyl (C=O) groups excluding carboxylic acids is 2. The highest BCUT2D eigenvalue weighted by Gasteiger charge is 2.22. The third-order valence-corrected chi connectivity index (χ3v) is 3.00. The molecule has 0 aromatic heterocycles. The monoisotopic (exact) mass is 252 g/mol. The van der Waals surface area contributed by atoms with Crippen molar-refractivity contribution in [1.29, 1.82) is 0 Å². The average molecular weight is 253 g/mol. The van der Waals surface area contributed by atoms with Crippen LogP contribution in [0.25, 0.3) is 0 Å². The third-order valence-electron chi connectivity index (χ3n) is 2.69. The van der Waals surface area contributed by atoms with Crippen molar-refractivity contribution in [3.63, 3.8) is 0 Å². The second-order valence-electron chi connectivity index (χ2n) is 4.03. The molecule has 1 aliphatic heterocycles. The van der Waals surface area contributed by atoms with Crippen molar-refractivity contribution < 1.29 is 9.59 Å². The number of carbonyl (C=O) groups is 2. The minimum atomic E-state index is -0.137. The lowest BCUT2D eigenvalue weighted by Crippen LogP contribution is -2.35. The Morgan fingerprint density at radius 1 is 1.35 bits per heavy atom. The molecule has 0 spiro atoms. The minimum Gasteiger partial charge on any atom is -0.347 e. The molecule has 1 aromatic carbocycles. The normalized spacial score (nSPS) is 16.7. The maximum atomic E-state index is 11.8. The van der Waals surface area contributed by atoms with Gasteiger partial charge in [0.2, 0.25) is 11.8 Å². The highest BCUT2D eigenvalue weighted by atomic mass is 35.5. The molecule has 4 nitrogen and oxygen atoms in total. The molecular formula is C12H13ClN2O2. The van der Waals surface area contributed by atoms with Gasteiger partial charge in [-0.1, -0.05) is 17.7 Å². The van der Waals surface area contributed by atoms with E-state index in [2.05, 4.69) is 5.32 Å². The number of anilines is 1. The van der Waals surface area contributed by atoms with E-state index in [0.29, 0.717) is 23.7 Å². The van der Waals surface area contributed by atoms with E-state index >= 15 is 0 Å². The van der Waals surface area contributed by atoms with Crippen LogP contribution in [0.4, 0.5) is 5.69 Å². The summed E-state index contributed by atoms with van der Waals surface area (Å²) in [5.41, 5.74) is 1.70. The molecule has 5 heteroatoms. The zero-order chi connectivity index (χ0) is 12.4. The predicted molar refractivity (Wildman–Crippen MR) is 66.2 cm³/mol. The first-order valence-electron chi connectivity index (χ1n) is 5.41. The quantitative estimate of drug-likeness (QED) is 0.824. The Morgan fingerprint density at radius 2 is 2.12 bits per heavy atom. The first-order chi connectivity index (χ1) is 8.08. The summed E-state index contributed by atoms with van der Waals surface area (Å²) in [7, 11) is 0. The van der Waals surface area contributed by atoms with Gasteiger partial charge < -0.3 is 10.2 Å². The molecule has 0 bridgehead atoms. The molecule has 0 aliphatic carbocycles. The Morgan fingerprint density at radius 3 is 2.82 bits per heavy atom. The molecule has 1 heterocycles. The Balaban J connectivity index is 2.31. The second-order valence-corrected chi connectivity index (χ2v) is 4.43. The number of benzene rings is 1. The first-order valence-corrected chi connectivity index (χ1v) is 5.79. The second kappa shape index (κ2) is 4.75. The summed E-state index contributed by atoms with van der Waals surface area (Å²) in [5, 5.41) is 3.09. The maximum absolute atomic E-state index is 11.8. The minimum absolute atomic E-state index is 0.0308. The molecular weight excluding hydrogens is 240 g/mol. The fourth-order valence-corrected chi connectivity index (χ4v) is 2.12. The number of hydrogen-bond acceptors (Lipinski definition) is 2. The zero-order valence-electron chi connectivity index (χ0n) is 9.50. The van der Waals surface area contributed by atoms with Crippen LogP contribution in [0.1, 0.15) is 12.0 Å². The smallest absolute Gasteiger partial charge is 0.246 e. The van der Waals surface area contributed by atoms with Gasteiger partial charge in [0.25, 0.3) is 0 Å². The highest BCUT2D eigenvalue weighted by molar-refractivity contribution is 6.34. The van der Waals surface area contributed by atoms with E-state index in [1.807, 2.05) is 25.1 Å². The Hall–Kier alpha value is -1.55. The number of hydrogen-bond donors (Lipinski definition) is 1. The summed E-state index contributed by atoms with van der Waals surface area (Å²) in [6.07, 6.45) is 0.302. The van der Waals surface area contributed by atoms with Crippen molar-refractivity contribution >= 4 is 29.1 Å². The zero-order valence-corrected chi connectivity index (χ0v) is 10.3. The largest absolute Gasteiger partial charge is 0.347 e. The number of rotatable bonds is 1. The highest BCUT2D eigenvalue weighted by Crippen LogP contribution is 2.27. The molecule has 2 amide bonds. The predicted octanol–water partition coefficient (Wildman–Crippen LogP) is 1.50. The Kier molecular flexibility index (Phi) is 3.33. The van der Waals surface area contributed by atoms with Crippen LogP contribution < -0.4 is 10.2 Å². The molecule has 17 heavy (non-hydrogen) atoms. The van der Waals surface area contributed by atoms with Gasteiger partial charge in [-0.05, 0) is 24.6 Å². The molecule has 0 unspecified atom stereocenters. The average Bonchev–Trinajstić information content (AvgIpc) is 2.43. The lowest BCUT2D eigenvalue weighted by Gasteiger charge is -2.21. The van der Waals surface area contributed by atoms with E-state index in [-0.39, 0.29) is 18.4 Å². The lowest BCUT2D eigenvalue weighted by atomic mass is 10.2. The van der Waals surface area contributed by atoms with Crippen LogP contribution in [0.5, 0.6) is 0 Å².